The lowest BCUT2D eigenvalue weighted by molar-refractivity contribution is -0.0817. The Morgan fingerprint density at radius 2 is 2.15 bits per heavy atom. The van der Waals surface area contributed by atoms with Crippen molar-refractivity contribution >= 4 is 29.9 Å². The van der Waals surface area contributed by atoms with E-state index in [0.717, 1.165) is 50.1 Å². The second-order valence-corrected chi connectivity index (χ2v) is 6.44. The molecule has 0 aliphatic carbocycles. The standard InChI is InChI=1S/C17H28N6O2.HI/c1-4-7-18-17(19-11-16-21-20-13(2)22(16)3)23-8-10-25-15(12-23)14-6-5-9-24-14;/h4,14-15H,1,5-12H2,2-3H3,(H,18,19);1H. The molecule has 9 heteroatoms. The van der Waals surface area contributed by atoms with Gasteiger partial charge in [-0.05, 0) is 19.8 Å². The Kier molecular flexibility index (Phi) is 8.29. The average molecular weight is 476 g/mol. The molecule has 8 nitrogen and oxygen atoms in total. The number of morpholine rings is 1. The number of nitrogens with zero attached hydrogens (tertiary/aromatic N) is 5. The fourth-order valence-corrected chi connectivity index (χ4v) is 3.15. The van der Waals surface area contributed by atoms with E-state index in [1.54, 1.807) is 0 Å². The molecule has 2 atom stereocenters. The number of guanidine groups is 1. The molecule has 1 aromatic rings. The van der Waals surface area contributed by atoms with E-state index in [0.29, 0.717) is 19.7 Å². The van der Waals surface area contributed by atoms with Crippen LogP contribution >= 0.6 is 24.0 Å². The Morgan fingerprint density at radius 3 is 2.81 bits per heavy atom. The highest BCUT2D eigenvalue weighted by molar-refractivity contribution is 14.0. The van der Waals surface area contributed by atoms with Gasteiger partial charge in [0.25, 0.3) is 0 Å². The minimum absolute atomic E-state index is 0. The minimum atomic E-state index is 0. The van der Waals surface area contributed by atoms with Crippen LogP contribution in [0.1, 0.15) is 24.5 Å². The Hall–Kier alpha value is -1.20. The molecule has 1 aromatic heterocycles. The molecular weight excluding hydrogens is 447 g/mol. The van der Waals surface area contributed by atoms with Gasteiger partial charge in [0.1, 0.15) is 18.5 Å². The van der Waals surface area contributed by atoms with E-state index in [2.05, 4.69) is 27.0 Å². The van der Waals surface area contributed by atoms with E-state index in [-0.39, 0.29) is 36.2 Å². The molecule has 0 amide bonds. The molecule has 26 heavy (non-hydrogen) atoms. The van der Waals surface area contributed by atoms with Gasteiger partial charge in [-0.2, -0.15) is 0 Å². The van der Waals surface area contributed by atoms with Crippen LogP contribution in [0.3, 0.4) is 0 Å². The summed E-state index contributed by atoms with van der Waals surface area (Å²) in [6.45, 7) is 9.98. The number of hydrogen-bond donors (Lipinski definition) is 1. The second kappa shape index (κ2) is 10.2. The molecule has 2 saturated heterocycles. The van der Waals surface area contributed by atoms with E-state index >= 15 is 0 Å². The topological polar surface area (TPSA) is 76.8 Å². The first-order valence-corrected chi connectivity index (χ1v) is 8.91. The number of hydrogen-bond acceptors (Lipinski definition) is 5. The summed E-state index contributed by atoms with van der Waals surface area (Å²) in [7, 11) is 1.96. The zero-order chi connectivity index (χ0) is 17.6. The number of halogens is 1. The fraction of sp³-hybridized carbons (Fsp3) is 0.706. The lowest BCUT2D eigenvalue weighted by Crippen LogP contribution is -2.53. The van der Waals surface area contributed by atoms with E-state index in [1.165, 1.54) is 0 Å². The molecule has 0 radical (unpaired) electrons. The normalized spacial score (nSPS) is 23.6. The van der Waals surface area contributed by atoms with Crippen molar-refractivity contribution in [3.05, 3.63) is 24.3 Å². The molecule has 2 fully saturated rings. The van der Waals surface area contributed by atoms with Crippen molar-refractivity contribution in [2.24, 2.45) is 12.0 Å². The summed E-state index contributed by atoms with van der Waals surface area (Å²) in [5, 5.41) is 11.6. The van der Waals surface area contributed by atoms with Crippen LogP contribution in [0.4, 0.5) is 0 Å². The maximum absolute atomic E-state index is 5.94. The summed E-state index contributed by atoms with van der Waals surface area (Å²) in [5.41, 5.74) is 0. The molecule has 2 aliphatic rings. The predicted octanol–water partition coefficient (Wildman–Crippen LogP) is 1.25. The highest BCUT2D eigenvalue weighted by atomic mass is 127. The molecule has 0 aromatic carbocycles. The van der Waals surface area contributed by atoms with E-state index in [9.17, 15) is 0 Å². The van der Waals surface area contributed by atoms with Crippen LogP contribution in [0, 0.1) is 6.92 Å². The smallest absolute Gasteiger partial charge is 0.194 e. The number of aryl methyl sites for hydroxylation is 1. The first-order valence-electron chi connectivity index (χ1n) is 8.91. The highest BCUT2D eigenvalue weighted by Crippen LogP contribution is 2.21. The molecule has 2 aliphatic heterocycles. The Balaban J connectivity index is 0.00000243. The maximum Gasteiger partial charge on any atom is 0.194 e. The molecule has 2 unspecified atom stereocenters. The van der Waals surface area contributed by atoms with Crippen LogP contribution in [-0.2, 0) is 23.1 Å². The summed E-state index contributed by atoms with van der Waals surface area (Å²) >= 11 is 0. The van der Waals surface area contributed by atoms with Crippen LogP contribution in [0.25, 0.3) is 0 Å². The van der Waals surface area contributed by atoms with E-state index in [4.69, 9.17) is 14.5 Å². The van der Waals surface area contributed by atoms with Crippen molar-refractivity contribution in [1.82, 2.24) is 25.0 Å². The monoisotopic (exact) mass is 476 g/mol. The Labute approximate surface area is 172 Å². The summed E-state index contributed by atoms with van der Waals surface area (Å²) < 4.78 is 13.7. The Bertz CT molecular complexity index is 614. The molecule has 0 spiro atoms. The summed E-state index contributed by atoms with van der Waals surface area (Å²) in [6, 6.07) is 0. The van der Waals surface area contributed by atoms with Gasteiger partial charge in [-0.15, -0.1) is 40.8 Å². The number of nitrogens with one attached hydrogen (secondary N) is 1. The van der Waals surface area contributed by atoms with Gasteiger partial charge in [-0.1, -0.05) is 6.08 Å². The minimum Gasteiger partial charge on any atom is -0.375 e. The second-order valence-electron chi connectivity index (χ2n) is 6.44. The average Bonchev–Trinajstić information content (AvgIpc) is 3.27. The molecule has 1 N–H and O–H groups in total. The molecule has 0 saturated carbocycles. The van der Waals surface area contributed by atoms with Gasteiger partial charge in [-0.25, -0.2) is 4.99 Å². The van der Waals surface area contributed by atoms with Crippen molar-refractivity contribution in [2.45, 2.75) is 38.5 Å². The number of ether oxygens (including phenoxy) is 2. The summed E-state index contributed by atoms with van der Waals surface area (Å²) in [5.74, 6) is 2.59. The van der Waals surface area contributed by atoms with Crippen LogP contribution < -0.4 is 5.32 Å². The van der Waals surface area contributed by atoms with Crippen LogP contribution in [0.2, 0.25) is 0 Å². The lowest BCUT2D eigenvalue weighted by atomic mass is 10.1. The zero-order valence-corrected chi connectivity index (χ0v) is 17.9. The van der Waals surface area contributed by atoms with Crippen molar-refractivity contribution in [1.29, 1.82) is 0 Å². The molecule has 3 rings (SSSR count). The largest absolute Gasteiger partial charge is 0.375 e. The van der Waals surface area contributed by atoms with Crippen molar-refractivity contribution in [3.63, 3.8) is 0 Å². The highest BCUT2D eigenvalue weighted by Gasteiger charge is 2.32. The van der Waals surface area contributed by atoms with E-state index in [1.807, 2.05) is 24.6 Å². The van der Waals surface area contributed by atoms with Crippen LogP contribution in [0.15, 0.2) is 17.6 Å². The van der Waals surface area contributed by atoms with Gasteiger partial charge in [0.05, 0.1) is 12.7 Å². The zero-order valence-electron chi connectivity index (χ0n) is 15.6. The van der Waals surface area contributed by atoms with E-state index < -0.39 is 0 Å². The third kappa shape index (κ3) is 5.17. The molecule has 0 bridgehead atoms. The molecular formula is C17H29IN6O2. The van der Waals surface area contributed by atoms with Gasteiger partial charge >= 0.3 is 0 Å². The van der Waals surface area contributed by atoms with Gasteiger partial charge in [0, 0.05) is 33.3 Å². The third-order valence-corrected chi connectivity index (χ3v) is 4.73. The van der Waals surface area contributed by atoms with Gasteiger partial charge in [-0.3, -0.25) is 0 Å². The van der Waals surface area contributed by atoms with Crippen LogP contribution in [-0.4, -0.2) is 70.7 Å². The fourth-order valence-electron chi connectivity index (χ4n) is 3.15. The van der Waals surface area contributed by atoms with Gasteiger partial charge in [0.2, 0.25) is 0 Å². The molecule has 3 heterocycles. The quantitative estimate of drug-likeness (QED) is 0.299. The lowest BCUT2D eigenvalue weighted by Gasteiger charge is -2.37. The predicted molar refractivity (Wildman–Crippen MR) is 111 cm³/mol. The third-order valence-electron chi connectivity index (χ3n) is 4.73. The SMILES string of the molecule is C=CCNC(=NCc1nnc(C)n1C)N1CCOC(C2CCCO2)C1.I. The van der Waals surface area contributed by atoms with Gasteiger partial charge < -0.3 is 24.3 Å². The molecule has 146 valence electrons. The number of rotatable bonds is 5. The van der Waals surface area contributed by atoms with Crippen molar-refractivity contribution in [2.75, 3.05) is 32.8 Å². The Morgan fingerprint density at radius 1 is 1.35 bits per heavy atom. The van der Waals surface area contributed by atoms with Gasteiger partial charge in [0.15, 0.2) is 11.8 Å². The maximum atomic E-state index is 5.94. The number of aromatic nitrogens is 3. The summed E-state index contributed by atoms with van der Waals surface area (Å²) in [4.78, 5) is 6.99. The summed E-state index contributed by atoms with van der Waals surface area (Å²) in [6.07, 6.45) is 4.32. The van der Waals surface area contributed by atoms with Crippen molar-refractivity contribution < 1.29 is 9.47 Å². The number of aliphatic imine (C=N–C) groups is 1. The first kappa shape index (κ1) is 21.1. The van der Waals surface area contributed by atoms with Crippen LogP contribution in [0.5, 0.6) is 0 Å². The van der Waals surface area contributed by atoms with Crippen molar-refractivity contribution in [3.8, 4) is 0 Å². The first-order chi connectivity index (χ1) is 12.2.